The third kappa shape index (κ3) is 2.59. The second-order valence-electron chi connectivity index (χ2n) is 4.45. The number of carbonyl (C=O) groups is 1. The summed E-state index contributed by atoms with van der Waals surface area (Å²) in [4.78, 5) is 19.5. The van der Waals surface area contributed by atoms with Crippen molar-refractivity contribution in [1.29, 1.82) is 0 Å². The summed E-state index contributed by atoms with van der Waals surface area (Å²) in [6.45, 7) is 0. The van der Waals surface area contributed by atoms with Gasteiger partial charge in [0.2, 0.25) is 0 Å². The van der Waals surface area contributed by atoms with Crippen LogP contribution in [0, 0.1) is 0 Å². The van der Waals surface area contributed by atoms with Crippen LogP contribution in [0.4, 0.5) is 17.3 Å². The van der Waals surface area contributed by atoms with Crippen molar-refractivity contribution in [3.63, 3.8) is 0 Å². The zero-order chi connectivity index (χ0) is 14.8. The average Bonchev–Trinajstić information content (AvgIpc) is 2.48. The van der Waals surface area contributed by atoms with Gasteiger partial charge in [-0.3, -0.25) is 0 Å². The number of nitrogens with zero attached hydrogens (tertiary/aromatic N) is 2. The van der Waals surface area contributed by atoms with Crippen LogP contribution >= 0.6 is 0 Å². The molecule has 0 aliphatic carbocycles. The lowest BCUT2D eigenvalue weighted by Crippen LogP contribution is -2.03. The molecule has 0 bridgehead atoms. The molecule has 0 aliphatic heterocycles. The highest BCUT2D eigenvalue weighted by Crippen LogP contribution is 2.22. The van der Waals surface area contributed by atoms with Crippen LogP contribution in [0.2, 0.25) is 0 Å². The number of aromatic nitrogens is 2. The van der Waals surface area contributed by atoms with Gasteiger partial charge in [-0.05, 0) is 36.4 Å². The molecule has 0 spiro atoms. The van der Waals surface area contributed by atoms with Gasteiger partial charge in [-0.15, -0.1) is 0 Å². The molecule has 2 aromatic carbocycles. The summed E-state index contributed by atoms with van der Waals surface area (Å²) >= 11 is 0. The molecule has 3 aromatic rings. The van der Waals surface area contributed by atoms with Gasteiger partial charge in [0.05, 0.1) is 16.6 Å². The van der Waals surface area contributed by atoms with E-state index in [1.165, 1.54) is 12.1 Å². The number of hydrogen-bond acceptors (Lipinski definition) is 5. The van der Waals surface area contributed by atoms with Crippen molar-refractivity contribution in [2.75, 3.05) is 11.1 Å². The number of nitrogen functional groups attached to an aromatic ring is 1. The van der Waals surface area contributed by atoms with Crippen molar-refractivity contribution in [2.24, 2.45) is 0 Å². The summed E-state index contributed by atoms with van der Waals surface area (Å²) in [6, 6.07) is 13.8. The molecule has 6 nitrogen and oxygen atoms in total. The van der Waals surface area contributed by atoms with E-state index < -0.39 is 5.97 Å². The molecule has 0 atom stereocenters. The number of aromatic carboxylic acids is 1. The lowest BCUT2D eigenvalue weighted by Gasteiger charge is -2.09. The van der Waals surface area contributed by atoms with E-state index in [2.05, 4.69) is 15.3 Å². The molecule has 0 saturated carbocycles. The van der Waals surface area contributed by atoms with Crippen LogP contribution in [0.15, 0.2) is 48.5 Å². The number of carboxylic acid groups (broad SMARTS) is 1. The number of rotatable bonds is 3. The number of nitrogens with two attached hydrogens (primary N) is 1. The minimum Gasteiger partial charge on any atom is -0.478 e. The monoisotopic (exact) mass is 280 g/mol. The SMILES string of the molecule is Nc1nc2ccccc2nc1Nc1ccc(C(=O)O)cc1. The number of hydrogen-bond donors (Lipinski definition) is 3. The number of para-hydroxylation sites is 2. The molecule has 0 amide bonds. The van der Waals surface area contributed by atoms with E-state index in [1.807, 2.05) is 24.3 Å². The van der Waals surface area contributed by atoms with Crippen molar-refractivity contribution >= 4 is 34.3 Å². The molecule has 3 rings (SSSR count). The maximum Gasteiger partial charge on any atom is 0.335 e. The first-order chi connectivity index (χ1) is 10.1. The van der Waals surface area contributed by atoms with Crippen LogP contribution in [0.25, 0.3) is 11.0 Å². The van der Waals surface area contributed by atoms with Crippen molar-refractivity contribution in [3.8, 4) is 0 Å². The largest absolute Gasteiger partial charge is 0.478 e. The molecule has 1 heterocycles. The lowest BCUT2D eigenvalue weighted by atomic mass is 10.2. The number of fused-ring (bicyclic) bond motifs is 1. The van der Waals surface area contributed by atoms with Crippen LogP contribution in [0.5, 0.6) is 0 Å². The molecule has 21 heavy (non-hydrogen) atoms. The molecular weight excluding hydrogens is 268 g/mol. The highest BCUT2D eigenvalue weighted by molar-refractivity contribution is 5.88. The fourth-order valence-electron chi connectivity index (χ4n) is 1.94. The van der Waals surface area contributed by atoms with Gasteiger partial charge in [0, 0.05) is 5.69 Å². The molecule has 4 N–H and O–H groups in total. The fraction of sp³-hybridized carbons (Fsp3) is 0. The zero-order valence-electron chi connectivity index (χ0n) is 10.9. The first-order valence-electron chi connectivity index (χ1n) is 6.26. The minimum absolute atomic E-state index is 0.220. The normalized spacial score (nSPS) is 10.5. The van der Waals surface area contributed by atoms with E-state index in [0.29, 0.717) is 11.5 Å². The Morgan fingerprint density at radius 3 is 2.24 bits per heavy atom. The first-order valence-corrected chi connectivity index (χ1v) is 6.26. The van der Waals surface area contributed by atoms with E-state index >= 15 is 0 Å². The van der Waals surface area contributed by atoms with Gasteiger partial charge in [0.15, 0.2) is 11.6 Å². The highest BCUT2D eigenvalue weighted by Gasteiger charge is 2.07. The number of carboxylic acids is 1. The van der Waals surface area contributed by atoms with Crippen LogP contribution in [-0.2, 0) is 0 Å². The standard InChI is InChI=1S/C15H12N4O2/c16-13-14(19-12-4-2-1-3-11(12)18-13)17-10-7-5-9(6-8-10)15(20)21/h1-8H,(H2,16,18)(H,17,19)(H,20,21). The second kappa shape index (κ2) is 5.09. The smallest absolute Gasteiger partial charge is 0.335 e. The maximum absolute atomic E-state index is 10.8. The third-order valence-corrected chi connectivity index (χ3v) is 2.99. The molecule has 0 aliphatic rings. The third-order valence-electron chi connectivity index (χ3n) is 2.99. The van der Waals surface area contributed by atoms with Gasteiger partial charge in [0.1, 0.15) is 0 Å². The number of nitrogens with one attached hydrogen (secondary N) is 1. The van der Waals surface area contributed by atoms with Gasteiger partial charge < -0.3 is 16.2 Å². The Morgan fingerprint density at radius 2 is 1.62 bits per heavy atom. The fourth-order valence-corrected chi connectivity index (χ4v) is 1.94. The molecule has 0 saturated heterocycles. The summed E-state index contributed by atoms with van der Waals surface area (Å²) in [7, 11) is 0. The first kappa shape index (κ1) is 12.9. The van der Waals surface area contributed by atoms with Crippen molar-refractivity contribution in [2.45, 2.75) is 0 Å². The van der Waals surface area contributed by atoms with Gasteiger partial charge in [-0.2, -0.15) is 0 Å². The van der Waals surface area contributed by atoms with Crippen LogP contribution < -0.4 is 11.1 Å². The predicted octanol–water partition coefficient (Wildman–Crippen LogP) is 2.65. The van der Waals surface area contributed by atoms with E-state index in [0.717, 1.165) is 11.0 Å². The number of anilines is 3. The molecule has 0 unspecified atom stereocenters. The average molecular weight is 280 g/mol. The molecule has 6 heteroatoms. The van der Waals surface area contributed by atoms with E-state index in [1.54, 1.807) is 12.1 Å². The Labute approximate surface area is 120 Å². The van der Waals surface area contributed by atoms with Gasteiger partial charge in [-0.1, -0.05) is 12.1 Å². The zero-order valence-corrected chi connectivity index (χ0v) is 10.9. The summed E-state index contributed by atoms with van der Waals surface area (Å²) < 4.78 is 0. The Hall–Kier alpha value is -3.15. The Kier molecular flexibility index (Phi) is 3.12. The van der Waals surface area contributed by atoms with Crippen molar-refractivity contribution in [3.05, 3.63) is 54.1 Å². The summed E-state index contributed by atoms with van der Waals surface area (Å²) in [5.74, 6) is -0.237. The van der Waals surface area contributed by atoms with Crippen molar-refractivity contribution < 1.29 is 9.90 Å². The molecule has 104 valence electrons. The summed E-state index contributed by atoms with van der Waals surface area (Å²) in [6.07, 6.45) is 0. The maximum atomic E-state index is 10.8. The quantitative estimate of drug-likeness (QED) is 0.681. The topological polar surface area (TPSA) is 101 Å². The summed E-state index contributed by atoms with van der Waals surface area (Å²) in [5, 5.41) is 11.9. The Balaban J connectivity index is 1.93. The van der Waals surface area contributed by atoms with E-state index in [4.69, 9.17) is 10.8 Å². The second-order valence-corrected chi connectivity index (χ2v) is 4.45. The highest BCUT2D eigenvalue weighted by atomic mass is 16.4. The summed E-state index contributed by atoms with van der Waals surface area (Å²) in [5.41, 5.74) is 8.25. The van der Waals surface area contributed by atoms with E-state index in [9.17, 15) is 4.79 Å². The molecule has 0 radical (unpaired) electrons. The molecular formula is C15H12N4O2. The van der Waals surface area contributed by atoms with Crippen LogP contribution in [0.1, 0.15) is 10.4 Å². The van der Waals surface area contributed by atoms with Gasteiger partial charge in [0.25, 0.3) is 0 Å². The molecule has 1 aromatic heterocycles. The Morgan fingerprint density at radius 1 is 1.00 bits per heavy atom. The van der Waals surface area contributed by atoms with Crippen molar-refractivity contribution in [1.82, 2.24) is 9.97 Å². The Bertz CT molecular complexity index is 816. The molecule has 0 fully saturated rings. The number of benzene rings is 2. The lowest BCUT2D eigenvalue weighted by molar-refractivity contribution is 0.0697. The van der Waals surface area contributed by atoms with Gasteiger partial charge in [-0.25, -0.2) is 14.8 Å². The van der Waals surface area contributed by atoms with Crippen LogP contribution in [0.3, 0.4) is 0 Å². The van der Waals surface area contributed by atoms with Crippen LogP contribution in [-0.4, -0.2) is 21.0 Å². The van der Waals surface area contributed by atoms with Gasteiger partial charge >= 0.3 is 5.97 Å². The predicted molar refractivity (Wildman–Crippen MR) is 80.6 cm³/mol. The minimum atomic E-state index is -0.966. The van der Waals surface area contributed by atoms with E-state index in [-0.39, 0.29) is 11.4 Å².